The molecular weight excluding hydrogens is 272 g/mol. The van der Waals surface area contributed by atoms with Crippen molar-refractivity contribution in [3.8, 4) is 0 Å². The molecule has 0 aromatic carbocycles. The second-order valence-corrected chi connectivity index (χ2v) is 7.03. The van der Waals surface area contributed by atoms with E-state index in [0.717, 1.165) is 12.8 Å². The zero-order chi connectivity index (χ0) is 15.2. The standard InChI is InChI=1S/C16H20O5/c1-8-5-6-10-15(20-10)7-16(19-4)11(9(2)13(18)21-16)12(17)14(8,15)3/h8,10H,5-7H2,1-4H3. The Labute approximate surface area is 123 Å². The van der Waals surface area contributed by atoms with Gasteiger partial charge in [-0.2, -0.15) is 0 Å². The highest BCUT2D eigenvalue weighted by molar-refractivity contribution is 6.12. The van der Waals surface area contributed by atoms with Crippen molar-refractivity contribution < 1.29 is 23.8 Å². The Hall–Kier alpha value is -1.20. The van der Waals surface area contributed by atoms with Gasteiger partial charge in [0.15, 0.2) is 5.78 Å². The lowest BCUT2D eigenvalue weighted by molar-refractivity contribution is -0.214. The maximum absolute atomic E-state index is 13.3. The summed E-state index contributed by atoms with van der Waals surface area (Å²) < 4.78 is 17.0. The lowest BCUT2D eigenvalue weighted by Gasteiger charge is -2.50. The highest BCUT2D eigenvalue weighted by Gasteiger charge is 2.80. The largest absolute Gasteiger partial charge is 0.425 e. The number of carbonyl (C=O) groups is 2. The third kappa shape index (κ3) is 1.23. The van der Waals surface area contributed by atoms with Gasteiger partial charge in [0.05, 0.1) is 23.5 Å². The minimum absolute atomic E-state index is 0.0337. The zero-order valence-electron chi connectivity index (χ0n) is 12.8. The number of esters is 1. The summed E-state index contributed by atoms with van der Waals surface area (Å²) in [6, 6.07) is 0. The topological polar surface area (TPSA) is 65.1 Å². The Morgan fingerprint density at radius 2 is 2.00 bits per heavy atom. The SMILES string of the molecule is COC12CC34OC3CCC(C)C4(C)C(=O)C1=C(C)C(=O)O2. The molecule has 0 amide bonds. The van der Waals surface area contributed by atoms with Crippen molar-refractivity contribution >= 4 is 11.8 Å². The van der Waals surface area contributed by atoms with Gasteiger partial charge in [-0.25, -0.2) is 4.79 Å². The monoisotopic (exact) mass is 292 g/mol. The van der Waals surface area contributed by atoms with E-state index in [1.807, 2.05) is 6.92 Å². The molecule has 2 heterocycles. The van der Waals surface area contributed by atoms with Crippen LogP contribution in [0.4, 0.5) is 0 Å². The molecule has 2 aliphatic heterocycles. The van der Waals surface area contributed by atoms with Crippen molar-refractivity contribution in [1.82, 2.24) is 0 Å². The first kappa shape index (κ1) is 13.5. The van der Waals surface area contributed by atoms with Crippen LogP contribution in [-0.2, 0) is 23.8 Å². The fraction of sp³-hybridized carbons (Fsp3) is 0.750. The molecule has 21 heavy (non-hydrogen) atoms. The van der Waals surface area contributed by atoms with Crippen LogP contribution >= 0.6 is 0 Å². The zero-order valence-corrected chi connectivity index (χ0v) is 12.8. The molecule has 5 atom stereocenters. The van der Waals surface area contributed by atoms with Gasteiger partial charge in [0.2, 0.25) is 5.79 Å². The van der Waals surface area contributed by atoms with Crippen molar-refractivity contribution in [2.75, 3.05) is 7.11 Å². The summed E-state index contributed by atoms with van der Waals surface area (Å²) >= 11 is 0. The molecule has 0 aromatic heterocycles. The van der Waals surface area contributed by atoms with E-state index in [1.54, 1.807) is 6.92 Å². The fourth-order valence-electron chi connectivity index (χ4n) is 4.79. The molecule has 5 unspecified atom stereocenters. The van der Waals surface area contributed by atoms with Gasteiger partial charge < -0.3 is 14.2 Å². The van der Waals surface area contributed by atoms with Crippen molar-refractivity contribution in [1.29, 1.82) is 0 Å². The number of ether oxygens (including phenoxy) is 3. The van der Waals surface area contributed by atoms with Crippen molar-refractivity contribution in [2.45, 2.75) is 57.5 Å². The van der Waals surface area contributed by atoms with Crippen LogP contribution in [0.2, 0.25) is 0 Å². The first-order valence-electron chi connectivity index (χ1n) is 7.55. The van der Waals surface area contributed by atoms with Crippen LogP contribution in [0.15, 0.2) is 11.1 Å². The number of fused-ring (bicyclic) bond motifs is 1. The number of hydrogen-bond acceptors (Lipinski definition) is 5. The number of methoxy groups -OCH3 is 1. The number of Topliss-reactive ketones (excluding diaryl/α,β-unsaturated/α-hetero) is 1. The molecule has 4 aliphatic rings. The maximum atomic E-state index is 13.3. The van der Waals surface area contributed by atoms with Crippen LogP contribution < -0.4 is 0 Å². The number of ketones is 1. The molecule has 114 valence electrons. The van der Waals surface area contributed by atoms with Gasteiger partial charge in [0.1, 0.15) is 5.60 Å². The average molecular weight is 292 g/mol. The Balaban J connectivity index is 1.93. The highest BCUT2D eigenvalue weighted by Crippen LogP contribution is 2.69. The molecule has 0 aromatic rings. The Kier molecular flexibility index (Phi) is 2.29. The van der Waals surface area contributed by atoms with Crippen LogP contribution in [-0.4, -0.2) is 36.4 Å². The van der Waals surface area contributed by atoms with E-state index < -0.39 is 22.8 Å². The van der Waals surface area contributed by atoms with Gasteiger partial charge >= 0.3 is 5.97 Å². The summed E-state index contributed by atoms with van der Waals surface area (Å²) in [5, 5.41) is 0. The number of hydrogen-bond donors (Lipinski definition) is 0. The third-order valence-electron chi connectivity index (χ3n) is 6.39. The maximum Gasteiger partial charge on any atom is 0.337 e. The van der Waals surface area contributed by atoms with Gasteiger partial charge in [-0.05, 0) is 32.6 Å². The Bertz CT molecular complexity index is 608. The van der Waals surface area contributed by atoms with Gasteiger partial charge in [-0.3, -0.25) is 4.79 Å². The molecular formula is C16H20O5. The minimum Gasteiger partial charge on any atom is -0.425 e. The summed E-state index contributed by atoms with van der Waals surface area (Å²) in [5.41, 5.74) is -0.340. The van der Waals surface area contributed by atoms with E-state index in [0.29, 0.717) is 17.6 Å². The second kappa shape index (κ2) is 3.58. The van der Waals surface area contributed by atoms with Gasteiger partial charge in [-0.1, -0.05) is 6.92 Å². The summed E-state index contributed by atoms with van der Waals surface area (Å²) in [4.78, 5) is 25.3. The van der Waals surface area contributed by atoms with Crippen molar-refractivity contribution in [2.24, 2.45) is 11.3 Å². The number of carbonyl (C=O) groups excluding carboxylic acids is 2. The minimum atomic E-state index is -1.25. The lowest BCUT2D eigenvalue weighted by atomic mass is 9.52. The molecule has 0 bridgehead atoms. The summed E-state index contributed by atoms with van der Waals surface area (Å²) in [6.07, 6.45) is 2.42. The van der Waals surface area contributed by atoms with E-state index in [1.165, 1.54) is 7.11 Å². The van der Waals surface area contributed by atoms with Gasteiger partial charge in [-0.15, -0.1) is 0 Å². The first-order valence-corrected chi connectivity index (χ1v) is 7.55. The first-order chi connectivity index (χ1) is 9.82. The molecule has 4 rings (SSSR count). The molecule has 0 N–H and O–H groups in total. The molecule has 3 fully saturated rings. The molecule has 2 aliphatic carbocycles. The van der Waals surface area contributed by atoms with E-state index in [2.05, 4.69) is 6.92 Å². The molecule has 5 nitrogen and oxygen atoms in total. The second-order valence-electron chi connectivity index (χ2n) is 7.03. The van der Waals surface area contributed by atoms with E-state index in [9.17, 15) is 9.59 Å². The lowest BCUT2D eigenvalue weighted by Crippen LogP contribution is -2.62. The summed E-state index contributed by atoms with van der Waals surface area (Å²) in [7, 11) is 1.49. The highest BCUT2D eigenvalue weighted by atomic mass is 16.7. The molecule has 1 spiro atoms. The van der Waals surface area contributed by atoms with Crippen LogP contribution in [0.3, 0.4) is 0 Å². The van der Waals surface area contributed by atoms with E-state index >= 15 is 0 Å². The predicted molar refractivity (Wildman–Crippen MR) is 72.3 cm³/mol. The molecule has 1 saturated heterocycles. The van der Waals surface area contributed by atoms with E-state index in [4.69, 9.17) is 14.2 Å². The van der Waals surface area contributed by atoms with Gasteiger partial charge in [0.25, 0.3) is 0 Å². The van der Waals surface area contributed by atoms with Crippen LogP contribution in [0.25, 0.3) is 0 Å². The Morgan fingerprint density at radius 3 is 2.67 bits per heavy atom. The quantitative estimate of drug-likeness (QED) is 0.544. The smallest absolute Gasteiger partial charge is 0.337 e. The van der Waals surface area contributed by atoms with E-state index in [-0.39, 0.29) is 17.8 Å². The normalized spacial score (nSPS) is 51.2. The molecule has 0 radical (unpaired) electrons. The number of epoxide rings is 1. The van der Waals surface area contributed by atoms with Crippen LogP contribution in [0, 0.1) is 11.3 Å². The molecule has 2 saturated carbocycles. The summed E-state index contributed by atoms with van der Waals surface area (Å²) in [6.45, 7) is 5.74. The fourth-order valence-corrected chi connectivity index (χ4v) is 4.79. The van der Waals surface area contributed by atoms with Gasteiger partial charge in [0, 0.05) is 12.7 Å². The van der Waals surface area contributed by atoms with Crippen molar-refractivity contribution in [3.63, 3.8) is 0 Å². The van der Waals surface area contributed by atoms with Crippen molar-refractivity contribution in [3.05, 3.63) is 11.1 Å². The van der Waals surface area contributed by atoms with Crippen LogP contribution in [0.5, 0.6) is 0 Å². The predicted octanol–water partition coefficient (Wildman–Crippen LogP) is 1.75. The summed E-state index contributed by atoms with van der Waals surface area (Å²) in [5.74, 6) is -1.52. The Morgan fingerprint density at radius 1 is 1.29 bits per heavy atom. The number of rotatable bonds is 1. The van der Waals surface area contributed by atoms with Crippen LogP contribution in [0.1, 0.15) is 40.0 Å². The third-order valence-corrected chi connectivity index (χ3v) is 6.39. The molecule has 5 heteroatoms. The average Bonchev–Trinajstić information content (AvgIpc) is 3.09.